The molecule has 0 aliphatic heterocycles. The third-order valence-corrected chi connectivity index (χ3v) is 4.18. The topological polar surface area (TPSA) is 106 Å². The zero-order valence-electron chi connectivity index (χ0n) is 15.6. The standard InChI is InChI=1S/C20H19ClN4O4/c1-13-6-8-14(9-7-13)20-25-24-19(29-20)11-10-17(26)22-23-18(27)12-28-16-5-3-2-4-15(16)21/h2-9H,10-12H2,1H3,(H,22,26)(H,23,27). The van der Waals surface area contributed by atoms with Crippen LogP contribution in [-0.2, 0) is 16.0 Å². The summed E-state index contributed by atoms with van der Waals surface area (Å²) in [6.45, 7) is 1.71. The molecule has 1 heterocycles. The average molecular weight is 415 g/mol. The quantitative estimate of drug-likeness (QED) is 0.576. The summed E-state index contributed by atoms with van der Waals surface area (Å²) in [5, 5.41) is 8.32. The number of amides is 2. The highest BCUT2D eigenvalue weighted by molar-refractivity contribution is 6.32. The third-order valence-electron chi connectivity index (χ3n) is 3.87. The molecule has 0 atom stereocenters. The second kappa shape index (κ2) is 9.70. The highest BCUT2D eigenvalue weighted by Gasteiger charge is 2.11. The first-order valence-electron chi connectivity index (χ1n) is 8.85. The molecule has 29 heavy (non-hydrogen) atoms. The number of hydrazine groups is 1. The lowest BCUT2D eigenvalue weighted by atomic mass is 10.1. The van der Waals surface area contributed by atoms with Gasteiger partial charge in [0, 0.05) is 18.4 Å². The molecule has 0 unspecified atom stereocenters. The zero-order chi connectivity index (χ0) is 20.6. The number of nitrogens with zero attached hydrogens (tertiary/aromatic N) is 2. The van der Waals surface area contributed by atoms with E-state index in [9.17, 15) is 9.59 Å². The minimum atomic E-state index is -0.516. The van der Waals surface area contributed by atoms with Gasteiger partial charge in [0.25, 0.3) is 5.91 Å². The molecular weight excluding hydrogens is 396 g/mol. The number of aromatic nitrogens is 2. The van der Waals surface area contributed by atoms with Crippen molar-refractivity contribution in [1.82, 2.24) is 21.0 Å². The number of halogens is 1. The van der Waals surface area contributed by atoms with Crippen molar-refractivity contribution in [2.24, 2.45) is 0 Å². The smallest absolute Gasteiger partial charge is 0.276 e. The molecule has 3 aromatic rings. The Morgan fingerprint density at radius 3 is 2.52 bits per heavy atom. The Hall–Kier alpha value is -3.39. The number of hydrogen-bond acceptors (Lipinski definition) is 6. The molecule has 150 valence electrons. The van der Waals surface area contributed by atoms with Crippen LogP contribution in [0.2, 0.25) is 5.02 Å². The first kappa shape index (κ1) is 20.3. The molecule has 8 nitrogen and oxygen atoms in total. The lowest BCUT2D eigenvalue weighted by Crippen LogP contribution is -2.43. The Bertz CT molecular complexity index is 988. The van der Waals surface area contributed by atoms with Gasteiger partial charge in [-0.25, -0.2) is 0 Å². The summed E-state index contributed by atoms with van der Waals surface area (Å²) in [5.41, 5.74) is 6.52. The number of ether oxygens (including phenoxy) is 1. The minimum absolute atomic E-state index is 0.0706. The van der Waals surface area contributed by atoms with Crippen molar-refractivity contribution in [3.8, 4) is 17.2 Å². The van der Waals surface area contributed by atoms with Gasteiger partial charge < -0.3 is 9.15 Å². The summed E-state index contributed by atoms with van der Waals surface area (Å²) in [4.78, 5) is 23.6. The monoisotopic (exact) mass is 414 g/mol. The van der Waals surface area contributed by atoms with E-state index in [0.717, 1.165) is 11.1 Å². The van der Waals surface area contributed by atoms with E-state index in [1.54, 1.807) is 24.3 Å². The zero-order valence-corrected chi connectivity index (χ0v) is 16.4. The number of benzene rings is 2. The predicted octanol–water partition coefficient (Wildman–Crippen LogP) is 2.86. The van der Waals surface area contributed by atoms with E-state index in [1.165, 1.54) is 0 Å². The van der Waals surface area contributed by atoms with Gasteiger partial charge in [-0.15, -0.1) is 10.2 Å². The van der Waals surface area contributed by atoms with Crippen LogP contribution in [0, 0.1) is 6.92 Å². The Morgan fingerprint density at radius 1 is 1.03 bits per heavy atom. The molecule has 2 amide bonds. The van der Waals surface area contributed by atoms with E-state index in [1.807, 2.05) is 31.2 Å². The molecule has 9 heteroatoms. The number of carbonyl (C=O) groups excluding carboxylic acids is 2. The Balaban J connectivity index is 1.39. The minimum Gasteiger partial charge on any atom is -0.482 e. The highest BCUT2D eigenvalue weighted by Crippen LogP contribution is 2.22. The SMILES string of the molecule is Cc1ccc(-c2nnc(CCC(=O)NNC(=O)COc3ccccc3Cl)o2)cc1. The van der Waals surface area contributed by atoms with Crippen LogP contribution >= 0.6 is 11.6 Å². The molecular formula is C20H19ClN4O4. The summed E-state index contributed by atoms with van der Waals surface area (Å²) in [7, 11) is 0. The second-order valence-corrected chi connectivity index (χ2v) is 6.59. The second-order valence-electron chi connectivity index (χ2n) is 6.18. The van der Waals surface area contributed by atoms with Crippen molar-refractivity contribution in [2.75, 3.05) is 6.61 Å². The van der Waals surface area contributed by atoms with Crippen molar-refractivity contribution >= 4 is 23.4 Å². The molecule has 0 fully saturated rings. The van der Waals surface area contributed by atoms with E-state index in [-0.39, 0.29) is 19.4 Å². The van der Waals surface area contributed by atoms with Gasteiger partial charge in [-0.05, 0) is 31.2 Å². The molecule has 0 aliphatic rings. The molecule has 0 saturated heterocycles. The maximum Gasteiger partial charge on any atom is 0.276 e. The van der Waals surface area contributed by atoms with Crippen LogP contribution in [0.15, 0.2) is 52.9 Å². The molecule has 3 rings (SSSR count). The maximum absolute atomic E-state index is 11.9. The molecule has 1 aromatic heterocycles. The predicted molar refractivity (Wildman–Crippen MR) is 106 cm³/mol. The molecule has 0 aliphatic carbocycles. The maximum atomic E-state index is 11.9. The summed E-state index contributed by atoms with van der Waals surface area (Å²) in [6, 6.07) is 14.5. The fourth-order valence-corrected chi connectivity index (χ4v) is 2.52. The van der Waals surface area contributed by atoms with Gasteiger partial charge in [0.15, 0.2) is 6.61 Å². The van der Waals surface area contributed by atoms with Crippen LogP contribution in [0.25, 0.3) is 11.5 Å². The Morgan fingerprint density at radius 2 is 1.76 bits per heavy atom. The molecule has 0 spiro atoms. The molecule has 0 bridgehead atoms. The largest absolute Gasteiger partial charge is 0.482 e. The fraction of sp³-hybridized carbons (Fsp3) is 0.200. The van der Waals surface area contributed by atoms with Crippen LogP contribution in [0.5, 0.6) is 5.75 Å². The van der Waals surface area contributed by atoms with Gasteiger partial charge in [0.2, 0.25) is 17.7 Å². The van der Waals surface area contributed by atoms with Crippen LogP contribution in [0.1, 0.15) is 17.9 Å². The first-order valence-corrected chi connectivity index (χ1v) is 9.23. The van der Waals surface area contributed by atoms with Crippen molar-refractivity contribution < 1.29 is 18.7 Å². The summed E-state index contributed by atoms with van der Waals surface area (Å²) >= 11 is 5.94. The molecule has 2 aromatic carbocycles. The number of para-hydroxylation sites is 1. The average Bonchev–Trinajstić information content (AvgIpc) is 3.19. The van der Waals surface area contributed by atoms with Gasteiger partial charge >= 0.3 is 0 Å². The van der Waals surface area contributed by atoms with Crippen molar-refractivity contribution in [3.63, 3.8) is 0 Å². The van der Waals surface area contributed by atoms with E-state index >= 15 is 0 Å². The summed E-state index contributed by atoms with van der Waals surface area (Å²) in [5.74, 6) is 0.204. The fourth-order valence-electron chi connectivity index (χ4n) is 2.33. The lowest BCUT2D eigenvalue weighted by molar-refractivity contribution is -0.130. The van der Waals surface area contributed by atoms with E-state index in [0.29, 0.717) is 22.6 Å². The number of aryl methyl sites for hydroxylation is 2. The van der Waals surface area contributed by atoms with Gasteiger partial charge in [-0.3, -0.25) is 20.4 Å². The Labute approximate surface area is 172 Å². The van der Waals surface area contributed by atoms with Gasteiger partial charge in [0.1, 0.15) is 5.75 Å². The Kier molecular flexibility index (Phi) is 6.80. The van der Waals surface area contributed by atoms with Crippen LogP contribution < -0.4 is 15.6 Å². The van der Waals surface area contributed by atoms with Gasteiger partial charge in [-0.2, -0.15) is 0 Å². The van der Waals surface area contributed by atoms with Crippen molar-refractivity contribution in [1.29, 1.82) is 0 Å². The van der Waals surface area contributed by atoms with Crippen molar-refractivity contribution in [3.05, 3.63) is 65.0 Å². The van der Waals surface area contributed by atoms with Crippen LogP contribution in [-0.4, -0.2) is 28.6 Å². The normalized spacial score (nSPS) is 10.4. The van der Waals surface area contributed by atoms with E-state index < -0.39 is 11.8 Å². The highest BCUT2D eigenvalue weighted by atomic mass is 35.5. The lowest BCUT2D eigenvalue weighted by Gasteiger charge is -2.09. The van der Waals surface area contributed by atoms with E-state index in [4.69, 9.17) is 20.8 Å². The number of hydrogen-bond donors (Lipinski definition) is 2. The molecule has 0 saturated carbocycles. The van der Waals surface area contributed by atoms with Crippen LogP contribution in [0.4, 0.5) is 0 Å². The summed E-state index contributed by atoms with van der Waals surface area (Å²) in [6.07, 6.45) is 0.317. The van der Waals surface area contributed by atoms with Gasteiger partial charge in [-0.1, -0.05) is 41.4 Å². The van der Waals surface area contributed by atoms with E-state index in [2.05, 4.69) is 21.0 Å². The number of carbonyl (C=O) groups is 2. The molecule has 2 N–H and O–H groups in total. The van der Waals surface area contributed by atoms with Gasteiger partial charge in [0.05, 0.1) is 5.02 Å². The van der Waals surface area contributed by atoms with Crippen molar-refractivity contribution in [2.45, 2.75) is 19.8 Å². The van der Waals surface area contributed by atoms with Crippen LogP contribution in [0.3, 0.4) is 0 Å². The first-order chi connectivity index (χ1) is 14.0. The number of nitrogens with one attached hydrogen (secondary N) is 2. The third kappa shape index (κ3) is 6.05. The molecule has 0 radical (unpaired) electrons. The summed E-state index contributed by atoms with van der Waals surface area (Å²) < 4.78 is 10.8. The number of rotatable bonds is 7.